The van der Waals surface area contributed by atoms with Crippen LogP contribution < -0.4 is 4.90 Å². The summed E-state index contributed by atoms with van der Waals surface area (Å²) in [6.45, 7) is 3.73. The van der Waals surface area contributed by atoms with Gasteiger partial charge in [-0.1, -0.05) is 23.7 Å². The molecule has 1 aliphatic rings. The van der Waals surface area contributed by atoms with E-state index >= 15 is 0 Å². The van der Waals surface area contributed by atoms with Gasteiger partial charge in [0.05, 0.1) is 31.4 Å². The average molecular weight is 468 g/mol. The number of imidazole rings is 1. The lowest BCUT2D eigenvalue weighted by molar-refractivity contribution is -0.146. The number of hydrogen-bond donors (Lipinski definition) is 0. The molecule has 1 saturated heterocycles. The molecule has 0 N–H and O–H groups in total. The summed E-state index contributed by atoms with van der Waals surface area (Å²) in [6, 6.07) is 8.26. The monoisotopic (exact) mass is 467 g/mol. The number of hydrogen-bond acceptors (Lipinski definition) is 5. The molecule has 1 aliphatic heterocycles. The number of anilines is 1. The van der Waals surface area contributed by atoms with E-state index in [1.807, 2.05) is 4.90 Å². The third-order valence-corrected chi connectivity index (χ3v) is 5.99. The molecule has 3 aromatic rings. The first-order chi connectivity index (χ1) is 15.2. The number of carbonyl (C=O) groups is 1. The van der Waals surface area contributed by atoms with Crippen LogP contribution in [0.3, 0.4) is 0 Å². The van der Waals surface area contributed by atoms with Crippen molar-refractivity contribution in [2.45, 2.75) is 19.6 Å². The van der Waals surface area contributed by atoms with Gasteiger partial charge in [0.2, 0.25) is 5.82 Å². The zero-order valence-electron chi connectivity index (χ0n) is 17.5. The van der Waals surface area contributed by atoms with Crippen LogP contribution in [0, 0.1) is 6.92 Å². The molecule has 170 valence electrons. The van der Waals surface area contributed by atoms with Crippen LogP contribution in [-0.2, 0) is 22.2 Å². The van der Waals surface area contributed by atoms with Gasteiger partial charge in [-0.3, -0.25) is 0 Å². The van der Waals surface area contributed by atoms with Crippen LogP contribution in [-0.4, -0.2) is 48.9 Å². The molecule has 0 unspecified atom stereocenters. The summed E-state index contributed by atoms with van der Waals surface area (Å²) in [4.78, 5) is 18.3. The predicted molar refractivity (Wildman–Crippen MR) is 114 cm³/mol. The fourth-order valence-corrected chi connectivity index (χ4v) is 4.04. The Labute approximate surface area is 187 Å². The van der Waals surface area contributed by atoms with E-state index in [1.54, 1.807) is 31.2 Å². The molecule has 32 heavy (non-hydrogen) atoms. The maximum absolute atomic E-state index is 14.0. The minimum absolute atomic E-state index is 0.0152. The zero-order chi connectivity index (χ0) is 23.0. The van der Waals surface area contributed by atoms with Gasteiger partial charge in [-0.2, -0.15) is 13.2 Å². The first-order valence-electron chi connectivity index (χ1n) is 9.97. The molecule has 0 radical (unpaired) electrons. The molecule has 0 amide bonds. The van der Waals surface area contributed by atoms with Gasteiger partial charge in [0.1, 0.15) is 5.52 Å². The molecule has 6 nitrogen and oxygen atoms in total. The fourth-order valence-electron chi connectivity index (χ4n) is 3.85. The lowest BCUT2D eigenvalue weighted by Crippen LogP contribution is -2.36. The maximum Gasteiger partial charge on any atom is 0.449 e. The van der Waals surface area contributed by atoms with Gasteiger partial charge in [-0.25, -0.2) is 9.78 Å². The van der Waals surface area contributed by atoms with Crippen molar-refractivity contribution in [1.29, 1.82) is 0 Å². The summed E-state index contributed by atoms with van der Waals surface area (Å²) < 4.78 is 53.3. The summed E-state index contributed by atoms with van der Waals surface area (Å²) in [7, 11) is 1.19. The van der Waals surface area contributed by atoms with Gasteiger partial charge >= 0.3 is 12.1 Å². The van der Waals surface area contributed by atoms with Crippen molar-refractivity contribution < 1.29 is 27.4 Å². The molecule has 1 fully saturated rings. The van der Waals surface area contributed by atoms with Crippen LogP contribution in [0.15, 0.2) is 30.3 Å². The normalized spacial score (nSPS) is 14.8. The average Bonchev–Trinajstić information content (AvgIpc) is 3.15. The quantitative estimate of drug-likeness (QED) is 0.521. The summed E-state index contributed by atoms with van der Waals surface area (Å²) in [5, 5.41) is 0.463. The van der Waals surface area contributed by atoms with E-state index in [0.29, 0.717) is 48.1 Å². The number of alkyl halides is 3. The minimum Gasteiger partial charge on any atom is -0.465 e. The zero-order valence-corrected chi connectivity index (χ0v) is 18.3. The maximum atomic E-state index is 14.0. The van der Waals surface area contributed by atoms with E-state index in [1.165, 1.54) is 13.2 Å². The second kappa shape index (κ2) is 8.63. The molecular weight excluding hydrogens is 447 g/mol. The Hall–Kier alpha value is -2.78. The lowest BCUT2D eigenvalue weighted by atomic mass is 10.1. The Balaban J connectivity index is 1.97. The van der Waals surface area contributed by atoms with Crippen molar-refractivity contribution in [2.24, 2.45) is 0 Å². The molecule has 0 spiro atoms. The van der Waals surface area contributed by atoms with Crippen LogP contribution in [0.25, 0.3) is 11.0 Å². The number of benzene rings is 2. The minimum atomic E-state index is -4.72. The van der Waals surface area contributed by atoms with E-state index in [9.17, 15) is 18.0 Å². The Bertz CT molecular complexity index is 1170. The van der Waals surface area contributed by atoms with E-state index in [-0.39, 0.29) is 23.1 Å². The second-order valence-corrected chi connectivity index (χ2v) is 7.90. The van der Waals surface area contributed by atoms with Crippen LogP contribution in [0.1, 0.15) is 27.3 Å². The molecule has 0 saturated carbocycles. The van der Waals surface area contributed by atoms with E-state index in [2.05, 4.69) is 4.98 Å². The van der Waals surface area contributed by atoms with Crippen LogP contribution in [0.5, 0.6) is 0 Å². The van der Waals surface area contributed by atoms with Gasteiger partial charge in [0.25, 0.3) is 0 Å². The Morgan fingerprint density at radius 2 is 1.97 bits per heavy atom. The first-order valence-corrected chi connectivity index (χ1v) is 10.3. The summed E-state index contributed by atoms with van der Waals surface area (Å²) in [5.74, 6) is -1.83. The Kier molecular flexibility index (Phi) is 6.05. The number of nitrogens with zero attached hydrogens (tertiary/aromatic N) is 3. The predicted octanol–water partition coefficient (Wildman–Crippen LogP) is 4.69. The summed E-state index contributed by atoms with van der Waals surface area (Å²) in [5.41, 5.74) is 2.04. The molecule has 0 aliphatic carbocycles. The highest BCUT2D eigenvalue weighted by Gasteiger charge is 2.39. The number of halogens is 4. The molecule has 0 bridgehead atoms. The highest BCUT2D eigenvalue weighted by molar-refractivity contribution is 6.31. The summed E-state index contributed by atoms with van der Waals surface area (Å²) in [6.07, 6.45) is -4.72. The number of morpholine rings is 1. The molecule has 2 aromatic carbocycles. The molecule has 0 atom stereocenters. The molecule has 1 aromatic heterocycles. The molecule has 2 heterocycles. The topological polar surface area (TPSA) is 56.6 Å². The number of fused-ring (bicyclic) bond motifs is 1. The van der Waals surface area contributed by atoms with E-state index in [4.69, 9.17) is 21.1 Å². The third kappa shape index (κ3) is 4.14. The largest absolute Gasteiger partial charge is 0.465 e. The van der Waals surface area contributed by atoms with Gasteiger partial charge in [0, 0.05) is 30.3 Å². The van der Waals surface area contributed by atoms with Crippen LogP contribution >= 0.6 is 11.6 Å². The molecule has 4 rings (SSSR count). The Morgan fingerprint density at radius 1 is 1.25 bits per heavy atom. The molecular formula is C22H21ClF3N3O3. The number of rotatable bonds is 4. The van der Waals surface area contributed by atoms with Crippen molar-refractivity contribution in [3.63, 3.8) is 0 Å². The van der Waals surface area contributed by atoms with Crippen LogP contribution in [0.4, 0.5) is 18.9 Å². The number of aromatic nitrogens is 2. The Morgan fingerprint density at radius 3 is 2.62 bits per heavy atom. The van der Waals surface area contributed by atoms with Gasteiger partial charge in [-0.05, 0) is 36.2 Å². The third-order valence-electron chi connectivity index (χ3n) is 5.58. The number of carbonyl (C=O) groups excluding carboxylic acids is 1. The van der Waals surface area contributed by atoms with Crippen LogP contribution in [0.2, 0.25) is 5.02 Å². The second-order valence-electron chi connectivity index (χ2n) is 7.50. The first kappa shape index (κ1) is 22.4. The standard InChI is InChI=1S/C22H21ClF3N3O3/c1-13-14(4-3-5-17(13)23)12-29-18-11-15(28-6-8-32-9-7-28)10-16(20(30)31-2)19(18)27-21(29)22(24,25)26/h3-5,10-11H,6-9,12H2,1-2H3. The SMILES string of the molecule is COC(=O)c1cc(N2CCOCC2)cc2c1nc(C(F)(F)F)n2Cc1cccc(Cl)c1C. The molecule has 10 heteroatoms. The van der Waals surface area contributed by atoms with Crippen molar-refractivity contribution in [3.05, 3.63) is 57.9 Å². The van der Waals surface area contributed by atoms with E-state index in [0.717, 1.165) is 4.57 Å². The lowest BCUT2D eigenvalue weighted by Gasteiger charge is -2.29. The number of ether oxygens (including phenoxy) is 2. The highest BCUT2D eigenvalue weighted by Crippen LogP contribution is 2.36. The van der Waals surface area contributed by atoms with E-state index < -0.39 is 18.0 Å². The van der Waals surface area contributed by atoms with Crippen molar-refractivity contribution in [1.82, 2.24) is 9.55 Å². The van der Waals surface area contributed by atoms with Gasteiger partial charge in [0.15, 0.2) is 0 Å². The number of methoxy groups -OCH3 is 1. The fraction of sp³-hybridized carbons (Fsp3) is 0.364. The van der Waals surface area contributed by atoms with Crippen molar-refractivity contribution in [3.8, 4) is 0 Å². The van der Waals surface area contributed by atoms with Crippen molar-refractivity contribution in [2.75, 3.05) is 38.3 Å². The number of esters is 1. The van der Waals surface area contributed by atoms with Gasteiger partial charge in [-0.15, -0.1) is 0 Å². The highest BCUT2D eigenvalue weighted by atomic mass is 35.5. The summed E-state index contributed by atoms with van der Waals surface area (Å²) >= 11 is 6.19. The van der Waals surface area contributed by atoms with Crippen molar-refractivity contribution >= 4 is 34.3 Å². The smallest absolute Gasteiger partial charge is 0.449 e. The van der Waals surface area contributed by atoms with Gasteiger partial charge < -0.3 is 18.9 Å².